The number of likely N-dealkylation sites (tertiary alicyclic amines) is 1. The van der Waals surface area contributed by atoms with Crippen LogP contribution < -0.4 is 53.2 Å². The van der Waals surface area contributed by atoms with E-state index in [9.17, 15) is 68.4 Å². The van der Waals surface area contributed by atoms with Crippen LogP contribution in [0.2, 0.25) is 0 Å². The van der Waals surface area contributed by atoms with E-state index >= 15 is 0 Å². The number of hydrogen-bond donors (Lipinski definition) is 14. The van der Waals surface area contributed by atoms with E-state index in [4.69, 9.17) is 0 Å². The third kappa shape index (κ3) is 20.3. The second-order valence-corrected chi connectivity index (χ2v) is 21.9. The van der Waals surface area contributed by atoms with Crippen molar-refractivity contribution in [2.24, 2.45) is 5.92 Å². The number of aliphatic carboxylic acids is 1. The monoisotopic (exact) mass is 1120 g/mol. The maximum absolute atomic E-state index is 14.4. The Morgan fingerprint density at radius 1 is 0.727 bits per heavy atom. The molecule has 2 aliphatic rings. The molecule has 0 aliphatic carbocycles. The minimum absolute atomic E-state index is 0.0468. The van der Waals surface area contributed by atoms with Crippen LogP contribution in [0.3, 0.4) is 0 Å². The second kappa shape index (κ2) is 30.9. The molecule has 10 atom stereocenters. The average molecular weight is 1120 g/mol. The zero-order valence-electron chi connectivity index (χ0n) is 43.9. The smallest absolute Gasteiger partial charge is 0.305 e. The summed E-state index contributed by atoms with van der Waals surface area (Å²) >= 11 is 0. The summed E-state index contributed by atoms with van der Waals surface area (Å²) < 4.78 is 0. The molecule has 424 valence electrons. The number of nitrogens with zero attached hydrogens (tertiary/aromatic N) is 1. The van der Waals surface area contributed by atoms with Crippen LogP contribution >= 0.6 is 21.6 Å². The number of carbonyl (C=O) groups is 10. The van der Waals surface area contributed by atoms with Crippen molar-refractivity contribution in [1.82, 2.24) is 58.1 Å². The molecule has 0 bridgehead atoms. The molecule has 4 rings (SSSR count). The largest absolute Gasteiger partial charge is 0.508 e. The number of likely N-dealkylation sites (N-methyl/N-ethyl adjacent to an activating group) is 2. The van der Waals surface area contributed by atoms with Gasteiger partial charge in [-0.2, -0.15) is 0 Å². The Bertz CT molecular complexity index is 2380. The molecule has 77 heavy (non-hydrogen) atoms. The topological polar surface area (TPSA) is 375 Å². The van der Waals surface area contributed by atoms with Gasteiger partial charge in [0.2, 0.25) is 53.2 Å². The Labute approximate surface area is 454 Å². The van der Waals surface area contributed by atoms with Crippen LogP contribution in [0.4, 0.5) is 0 Å². The minimum Gasteiger partial charge on any atom is -0.508 e. The van der Waals surface area contributed by atoms with E-state index in [1.54, 1.807) is 21.0 Å². The number of benzene rings is 2. The summed E-state index contributed by atoms with van der Waals surface area (Å²) in [5, 5.41) is 66.9. The molecule has 2 heterocycles. The standard InChI is InChI=1S/C50H73N11O14S2/c1-26(2)18-36(58-46(71)37(52-6)22-51-5)50(75)61-17-7-8-39(61)48(73)59-38-25-77-76-24-27(3)54-49(74)42(28(4)62)60-40(65)23-53-43(68)33(19-29-9-13-31(63)14-10-29)55-44(69)34(20-30-11-15-32(64)16-12-30)56-45(70)35(21-41(66)67)57-47(38)72/h9-16,26-28,33-39,42,51-52,62-64H,7-8,17-25H2,1-6H3,(H,53,68)(H,54,74)(H,55,69)(H,56,70)(H,57,72)(H,58,71)(H,59,73)(H,60,65)(H,66,67)/t27-,28?,33+,34+,35+,36+,37?,38+,39?,42+/m1/s1. The summed E-state index contributed by atoms with van der Waals surface area (Å²) in [5.41, 5.74) is 0.813. The molecular weight excluding hydrogens is 1040 g/mol. The minimum atomic E-state index is -1.88. The molecule has 0 aromatic heterocycles. The van der Waals surface area contributed by atoms with Gasteiger partial charge in [0.25, 0.3) is 0 Å². The fraction of sp³-hybridized carbons (Fsp3) is 0.560. The van der Waals surface area contributed by atoms with Crippen LogP contribution in [0.15, 0.2) is 48.5 Å². The van der Waals surface area contributed by atoms with Crippen LogP contribution in [0.25, 0.3) is 0 Å². The molecule has 0 spiro atoms. The van der Waals surface area contributed by atoms with E-state index in [0.717, 1.165) is 21.6 Å². The molecule has 2 aliphatic heterocycles. The number of carboxylic acid groups (broad SMARTS) is 1. The summed E-state index contributed by atoms with van der Waals surface area (Å²) in [7, 11) is 5.50. The Balaban J connectivity index is 1.72. The van der Waals surface area contributed by atoms with Crippen molar-refractivity contribution < 1.29 is 68.4 Å². The van der Waals surface area contributed by atoms with Gasteiger partial charge in [0.15, 0.2) is 0 Å². The van der Waals surface area contributed by atoms with Gasteiger partial charge in [-0.25, -0.2) is 0 Å². The normalized spacial score (nSPS) is 23.9. The Morgan fingerprint density at radius 2 is 1.29 bits per heavy atom. The summed E-state index contributed by atoms with van der Waals surface area (Å²) in [4.78, 5) is 139. The highest BCUT2D eigenvalue weighted by Gasteiger charge is 2.41. The lowest BCUT2D eigenvalue weighted by molar-refractivity contribution is -0.143. The van der Waals surface area contributed by atoms with Gasteiger partial charge in [0.1, 0.15) is 53.8 Å². The van der Waals surface area contributed by atoms with E-state index in [1.807, 2.05) is 13.8 Å². The molecule has 2 aromatic carbocycles. The van der Waals surface area contributed by atoms with Crippen molar-refractivity contribution in [2.45, 2.75) is 127 Å². The van der Waals surface area contributed by atoms with E-state index < -0.39 is 133 Å². The molecule has 14 N–H and O–H groups in total. The second-order valence-electron chi connectivity index (χ2n) is 19.3. The molecule has 2 fully saturated rings. The van der Waals surface area contributed by atoms with Crippen molar-refractivity contribution in [3.63, 3.8) is 0 Å². The highest BCUT2D eigenvalue weighted by Crippen LogP contribution is 2.25. The SMILES string of the molecule is CNCC(NC)C(=O)N[C@@H](CC(C)C)C(=O)N1CCCC1C(=O)N[C@H]1CSSC[C@@H](C)NC(=O)[C@H](C(C)O)NC(=O)CNC(=O)[C@H](Cc2ccc(O)cc2)NC(=O)[C@H](Cc2ccc(O)cc2)NC(=O)[C@H](CC(=O)O)NC1=O. The van der Waals surface area contributed by atoms with Gasteiger partial charge in [0, 0.05) is 43.5 Å². The molecule has 25 nitrogen and oxygen atoms in total. The van der Waals surface area contributed by atoms with Crippen LogP contribution in [0.5, 0.6) is 11.5 Å². The lowest BCUT2D eigenvalue weighted by atomic mass is 10.0. The quantitative estimate of drug-likeness (QED) is 0.0729. The third-order valence-corrected chi connectivity index (χ3v) is 15.0. The Morgan fingerprint density at radius 3 is 1.83 bits per heavy atom. The van der Waals surface area contributed by atoms with E-state index in [1.165, 1.54) is 60.4 Å². The fourth-order valence-electron chi connectivity index (χ4n) is 8.36. The molecule has 2 aromatic rings. The highest BCUT2D eigenvalue weighted by atomic mass is 33.1. The summed E-state index contributed by atoms with van der Waals surface area (Å²) in [6, 6.07) is -0.193. The van der Waals surface area contributed by atoms with E-state index in [2.05, 4.69) is 53.2 Å². The number of aromatic hydroxyl groups is 2. The first-order valence-electron chi connectivity index (χ1n) is 25.2. The number of hydrogen-bond acceptors (Lipinski definition) is 17. The van der Waals surface area contributed by atoms with Gasteiger partial charge in [-0.1, -0.05) is 59.7 Å². The Hall–Kier alpha value is -6.68. The lowest BCUT2D eigenvalue weighted by Gasteiger charge is -2.31. The number of phenols is 2. The predicted octanol–water partition coefficient (Wildman–Crippen LogP) is -2.49. The van der Waals surface area contributed by atoms with Gasteiger partial charge < -0.3 is 78.5 Å². The van der Waals surface area contributed by atoms with Crippen LogP contribution in [0.1, 0.15) is 64.5 Å². The number of aliphatic hydroxyl groups excluding tert-OH is 1. The molecule has 3 unspecified atom stereocenters. The number of rotatable bonds is 17. The van der Waals surface area contributed by atoms with Crippen LogP contribution in [-0.4, -0.2) is 190 Å². The van der Waals surface area contributed by atoms with Gasteiger partial charge in [0.05, 0.1) is 25.1 Å². The highest BCUT2D eigenvalue weighted by molar-refractivity contribution is 8.76. The van der Waals surface area contributed by atoms with Gasteiger partial charge in [-0.3, -0.25) is 47.9 Å². The summed E-state index contributed by atoms with van der Waals surface area (Å²) in [6.45, 7) is 6.36. The maximum atomic E-state index is 14.4. The summed E-state index contributed by atoms with van der Waals surface area (Å²) in [6.07, 6.45) is -2.12. The number of amides is 9. The van der Waals surface area contributed by atoms with Crippen molar-refractivity contribution in [1.29, 1.82) is 0 Å². The zero-order valence-corrected chi connectivity index (χ0v) is 45.5. The first kappa shape index (κ1) is 62.9. The lowest BCUT2D eigenvalue weighted by Crippen LogP contribution is -2.61. The number of phenolic OH excluding ortho intramolecular Hbond substituents is 2. The molecule has 9 amide bonds. The third-order valence-electron chi connectivity index (χ3n) is 12.4. The molecule has 0 radical (unpaired) electrons. The van der Waals surface area contributed by atoms with Crippen molar-refractivity contribution in [3.8, 4) is 11.5 Å². The van der Waals surface area contributed by atoms with Crippen molar-refractivity contribution in [3.05, 3.63) is 59.7 Å². The van der Waals surface area contributed by atoms with Crippen LogP contribution in [0, 0.1) is 5.92 Å². The first-order valence-corrected chi connectivity index (χ1v) is 27.7. The van der Waals surface area contributed by atoms with Crippen molar-refractivity contribution in [2.75, 3.05) is 45.2 Å². The molecule has 0 saturated carbocycles. The van der Waals surface area contributed by atoms with Gasteiger partial charge >= 0.3 is 5.97 Å². The molecular formula is C50H73N11O14S2. The van der Waals surface area contributed by atoms with Gasteiger partial charge in [-0.15, -0.1) is 0 Å². The predicted molar refractivity (Wildman–Crippen MR) is 286 cm³/mol. The van der Waals surface area contributed by atoms with Gasteiger partial charge in [-0.05, 0) is 88.5 Å². The maximum Gasteiger partial charge on any atom is 0.305 e. The average Bonchev–Trinajstić information content (AvgIpc) is 3.87. The zero-order chi connectivity index (χ0) is 56.9. The number of carbonyl (C=O) groups excluding carboxylic acids is 9. The van der Waals surface area contributed by atoms with E-state index in [-0.39, 0.29) is 67.7 Å². The molecule has 27 heteroatoms. The number of carboxylic acids is 1. The van der Waals surface area contributed by atoms with Crippen LogP contribution in [-0.2, 0) is 60.8 Å². The summed E-state index contributed by atoms with van der Waals surface area (Å²) in [5.74, 6) is -9.27. The Kier molecular flexibility index (Phi) is 25.2. The van der Waals surface area contributed by atoms with E-state index in [0.29, 0.717) is 17.5 Å². The first-order chi connectivity index (χ1) is 36.5. The van der Waals surface area contributed by atoms with Crippen molar-refractivity contribution >= 4 is 80.7 Å². The number of aliphatic hydroxyl groups is 1. The number of nitrogens with one attached hydrogen (secondary N) is 10. The fourth-order valence-corrected chi connectivity index (χ4v) is 10.8. The molecule has 2 saturated heterocycles.